The molecule has 0 unspecified atom stereocenters. The summed E-state index contributed by atoms with van der Waals surface area (Å²) < 4.78 is 38.7. The summed E-state index contributed by atoms with van der Waals surface area (Å²) in [5.74, 6) is 0.0811. The summed E-state index contributed by atoms with van der Waals surface area (Å²) in [6, 6.07) is 9.82. The Morgan fingerprint density at radius 3 is 2.55 bits per heavy atom. The predicted molar refractivity (Wildman–Crippen MR) is 118 cm³/mol. The molecule has 1 aliphatic rings. The first kappa shape index (κ1) is 22.4. The van der Waals surface area contributed by atoms with Crippen molar-refractivity contribution in [1.82, 2.24) is 19.6 Å². The van der Waals surface area contributed by atoms with E-state index in [4.69, 9.17) is 0 Å². The van der Waals surface area contributed by atoms with Crippen LogP contribution in [0.2, 0.25) is 0 Å². The van der Waals surface area contributed by atoms with Gasteiger partial charge >= 0.3 is 12.2 Å². The molecule has 1 fully saturated rings. The number of imidazole rings is 1. The van der Waals surface area contributed by atoms with Crippen molar-refractivity contribution in [2.75, 3.05) is 42.9 Å². The van der Waals surface area contributed by atoms with E-state index >= 15 is 0 Å². The van der Waals surface area contributed by atoms with Gasteiger partial charge in [0, 0.05) is 62.3 Å². The van der Waals surface area contributed by atoms with Crippen LogP contribution in [-0.2, 0) is 4.79 Å². The Labute approximate surface area is 188 Å². The zero-order chi connectivity index (χ0) is 23.6. The van der Waals surface area contributed by atoms with Gasteiger partial charge in [0.15, 0.2) is 0 Å². The maximum Gasteiger partial charge on any atom is 0.405 e. The standard InChI is InChI=1S/C22H23F3N6O2/c1-15(32)29-7-9-30(10-8-29)18-5-6-31-19(13-26-20(31)12-18)16-3-2-4-17(11-16)28-21(33)27-14-22(23,24)25/h2-6,11-13H,7-10,14H2,1H3,(H2,27,28,33). The fraction of sp³-hybridized carbons (Fsp3) is 0.318. The van der Waals surface area contributed by atoms with Gasteiger partial charge in [0.1, 0.15) is 12.2 Å². The number of anilines is 2. The van der Waals surface area contributed by atoms with E-state index in [1.54, 1.807) is 36.6 Å². The fourth-order valence-electron chi connectivity index (χ4n) is 3.77. The van der Waals surface area contributed by atoms with Crippen LogP contribution in [0.25, 0.3) is 16.9 Å². The zero-order valence-electron chi connectivity index (χ0n) is 17.9. The molecular formula is C22H23F3N6O2. The minimum absolute atomic E-state index is 0.0811. The summed E-state index contributed by atoms with van der Waals surface area (Å²) in [6.45, 7) is 3.01. The van der Waals surface area contributed by atoms with Gasteiger partial charge in [-0.3, -0.25) is 9.20 Å². The molecule has 1 aliphatic heterocycles. The molecule has 3 heterocycles. The van der Waals surface area contributed by atoms with Gasteiger partial charge in [0.05, 0.1) is 11.9 Å². The maximum atomic E-state index is 12.3. The van der Waals surface area contributed by atoms with Crippen molar-refractivity contribution in [1.29, 1.82) is 0 Å². The maximum absolute atomic E-state index is 12.3. The van der Waals surface area contributed by atoms with Gasteiger partial charge in [-0.05, 0) is 18.2 Å². The first-order valence-electron chi connectivity index (χ1n) is 10.4. The van der Waals surface area contributed by atoms with Gasteiger partial charge in [-0.25, -0.2) is 9.78 Å². The summed E-state index contributed by atoms with van der Waals surface area (Å²) in [5.41, 5.74) is 3.63. The van der Waals surface area contributed by atoms with Crippen molar-refractivity contribution < 1.29 is 22.8 Å². The van der Waals surface area contributed by atoms with Crippen LogP contribution in [0, 0.1) is 0 Å². The Kier molecular flexibility index (Phi) is 6.12. The molecule has 2 aromatic heterocycles. The first-order valence-corrected chi connectivity index (χ1v) is 10.4. The molecule has 4 rings (SSSR count). The molecule has 0 saturated carbocycles. The minimum atomic E-state index is -4.48. The molecule has 8 nitrogen and oxygen atoms in total. The zero-order valence-corrected chi connectivity index (χ0v) is 17.9. The normalized spacial score (nSPS) is 14.4. The van der Waals surface area contributed by atoms with Crippen molar-refractivity contribution in [3.05, 3.63) is 48.8 Å². The molecule has 3 amide bonds. The lowest BCUT2D eigenvalue weighted by Gasteiger charge is -2.35. The summed E-state index contributed by atoms with van der Waals surface area (Å²) in [6.07, 6.45) is -0.869. The highest BCUT2D eigenvalue weighted by atomic mass is 19.4. The number of carbonyl (C=O) groups excluding carboxylic acids is 2. The van der Waals surface area contributed by atoms with E-state index in [0.29, 0.717) is 18.8 Å². The monoisotopic (exact) mass is 460 g/mol. The lowest BCUT2D eigenvalue weighted by molar-refractivity contribution is -0.129. The second-order valence-electron chi connectivity index (χ2n) is 7.75. The number of nitrogens with one attached hydrogen (secondary N) is 2. The summed E-state index contributed by atoms with van der Waals surface area (Å²) >= 11 is 0. The lowest BCUT2D eigenvalue weighted by Crippen LogP contribution is -2.48. The number of halogens is 3. The van der Waals surface area contributed by atoms with Crippen molar-refractivity contribution in [2.24, 2.45) is 0 Å². The van der Waals surface area contributed by atoms with Crippen molar-refractivity contribution in [2.45, 2.75) is 13.1 Å². The Bertz CT molecular complexity index is 1170. The summed E-state index contributed by atoms with van der Waals surface area (Å²) in [5, 5.41) is 4.20. The number of pyridine rings is 1. The topological polar surface area (TPSA) is 82.0 Å². The first-order chi connectivity index (χ1) is 15.7. The van der Waals surface area contributed by atoms with Crippen LogP contribution in [0.5, 0.6) is 0 Å². The highest BCUT2D eigenvalue weighted by Gasteiger charge is 2.27. The van der Waals surface area contributed by atoms with Gasteiger partial charge in [0.25, 0.3) is 0 Å². The van der Waals surface area contributed by atoms with Crippen LogP contribution in [-0.4, -0.2) is 65.1 Å². The van der Waals surface area contributed by atoms with Gasteiger partial charge < -0.3 is 20.4 Å². The van der Waals surface area contributed by atoms with E-state index in [1.165, 1.54) is 0 Å². The molecule has 2 N–H and O–H groups in total. The van der Waals surface area contributed by atoms with Crippen LogP contribution in [0.3, 0.4) is 0 Å². The van der Waals surface area contributed by atoms with E-state index in [9.17, 15) is 22.8 Å². The number of nitrogens with zero attached hydrogens (tertiary/aromatic N) is 4. The Morgan fingerprint density at radius 1 is 1.09 bits per heavy atom. The number of benzene rings is 1. The molecule has 0 aliphatic carbocycles. The van der Waals surface area contributed by atoms with Crippen LogP contribution in [0.4, 0.5) is 29.3 Å². The summed E-state index contributed by atoms with van der Waals surface area (Å²) in [4.78, 5) is 31.8. The largest absolute Gasteiger partial charge is 0.405 e. The molecule has 3 aromatic rings. The summed E-state index contributed by atoms with van der Waals surface area (Å²) in [7, 11) is 0. The Balaban J connectivity index is 1.49. The van der Waals surface area contributed by atoms with Crippen molar-refractivity contribution in [3.8, 4) is 11.3 Å². The predicted octanol–water partition coefficient (Wildman–Crippen LogP) is 3.35. The molecule has 11 heteroatoms. The fourth-order valence-corrected chi connectivity index (χ4v) is 3.77. The second-order valence-corrected chi connectivity index (χ2v) is 7.75. The van der Waals surface area contributed by atoms with Gasteiger partial charge in [0.2, 0.25) is 5.91 Å². The van der Waals surface area contributed by atoms with E-state index in [2.05, 4.69) is 15.2 Å². The number of alkyl halides is 3. The number of amides is 3. The van der Waals surface area contributed by atoms with Crippen LogP contribution >= 0.6 is 0 Å². The second kappa shape index (κ2) is 9.00. The van der Waals surface area contributed by atoms with Crippen molar-refractivity contribution >= 4 is 29.0 Å². The van der Waals surface area contributed by atoms with E-state index in [1.807, 2.05) is 33.7 Å². The number of rotatable bonds is 4. The van der Waals surface area contributed by atoms with Crippen LogP contribution < -0.4 is 15.5 Å². The van der Waals surface area contributed by atoms with Crippen LogP contribution in [0.1, 0.15) is 6.92 Å². The third-order valence-corrected chi connectivity index (χ3v) is 5.45. The highest BCUT2D eigenvalue weighted by molar-refractivity contribution is 5.90. The van der Waals surface area contributed by atoms with E-state index in [0.717, 1.165) is 35.7 Å². The number of carbonyl (C=O) groups is 2. The number of urea groups is 1. The molecule has 33 heavy (non-hydrogen) atoms. The van der Waals surface area contributed by atoms with Gasteiger partial charge in [-0.15, -0.1) is 0 Å². The Hall–Kier alpha value is -3.76. The lowest BCUT2D eigenvalue weighted by atomic mass is 10.1. The third kappa shape index (κ3) is 5.36. The Morgan fingerprint density at radius 2 is 1.85 bits per heavy atom. The number of hydrogen-bond donors (Lipinski definition) is 2. The van der Waals surface area contributed by atoms with Crippen molar-refractivity contribution in [3.63, 3.8) is 0 Å². The van der Waals surface area contributed by atoms with Gasteiger partial charge in [-0.1, -0.05) is 12.1 Å². The number of aromatic nitrogens is 2. The molecule has 0 atom stereocenters. The number of hydrogen-bond acceptors (Lipinski definition) is 4. The van der Waals surface area contributed by atoms with E-state index < -0.39 is 18.8 Å². The highest BCUT2D eigenvalue weighted by Crippen LogP contribution is 2.26. The molecule has 174 valence electrons. The molecule has 0 radical (unpaired) electrons. The van der Waals surface area contributed by atoms with E-state index in [-0.39, 0.29) is 5.91 Å². The quantitative estimate of drug-likeness (QED) is 0.626. The number of piperazine rings is 1. The smallest absolute Gasteiger partial charge is 0.368 e. The molecule has 1 aromatic carbocycles. The average Bonchev–Trinajstić information content (AvgIpc) is 3.21. The third-order valence-electron chi connectivity index (χ3n) is 5.45. The average molecular weight is 460 g/mol. The SMILES string of the molecule is CC(=O)N1CCN(c2ccn3c(-c4cccc(NC(=O)NCC(F)(F)F)c4)cnc3c2)CC1. The van der Waals surface area contributed by atoms with Crippen LogP contribution in [0.15, 0.2) is 48.8 Å². The molecule has 1 saturated heterocycles. The number of fused-ring (bicyclic) bond motifs is 1. The molecule has 0 spiro atoms. The van der Waals surface area contributed by atoms with Gasteiger partial charge in [-0.2, -0.15) is 13.2 Å². The molecular weight excluding hydrogens is 437 g/mol. The molecule has 0 bridgehead atoms. The minimum Gasteiger partial charge on any atom is -0.368 e.